The molecule has 1 fully saturated rings. The van der Waals surface area contributed by atoms with Gasteiger partial charge in [0.25, 0.3) is 5.91 Å². The minimum atomic E-state index is -0.419. The third kappa shape index (κ3) is 6.20. The lowest BCUT2D eigenvalue weighted by molar-refractivity contribution is -0.124. The van der Waals surface area contributed by atoms with E-state index in [4.69, 9.17) is 0 Å². The number of hydrogen-bond acceptors (Lipinski definition) is 7. The summed E-state index contributed by atoms with van der Waals surface area (Å²) in [5.74, 6) is -0.221. The number of carbonyl (C=O) groups excluding carboxylic acids is 2. The van der Waals surface area contributed by atoms with E-state index in [2.05, 4.69) is 31.0 Å². The Kier molecular flexibility index (Phi) is 8.42. The molecule has 0 bridgehead atoms. The van der Waals surface area contributed by atoms with E-state index in [-0.39, 0.29) is 24.2 Å². The highest BCUT2D eigenvalue weighted by molar-refractivity contribution is 6.15. The van der Waals surface area contributed by atoms with Crippen molar-refractivity contribution in [1.29, 1.82) is 0 Å². The normalized spacial score (nSPS) is 14.7. The second-order valence-electron chi connectivity index (χ2n) is 8.51. The van der Waals surface area contributed by atoms with E-state index in [0.717, 1.165) is 11.1 Å². The summed E-state index contributed by atoms with van der Waals surface area (Å²) >= 11 is 0. The van der Waals surface area contributed by atoms with Gasteiger partial charge in [0, 0.05) is 17.7 Å². The molecule has 0 radical (unpaired) electrons. The highest BCUT2D eigenvalue weighted by Crippen LogP contribution is 2.23. The molecule has 0 unspecified atom stereocenters. The van der Waals surface area contributed by atoms with Crippen molar-refractivity contribution in [2.24, 2.45) is 0 Å². The van der Waals surface area contributed by atoms with E-state index in [1.165, 1.54) is 12.1 Å². The number of aromatic nitrogens is 4. The van der Waals surface area contributed by atoms with Crippen LogP contribution in [0, 0.1) is 5.82 Å². The van der Waals surface area contributed by atoms with Gasteiger partial charge in [0.2, 0.25) is 17.8 Å². The van der Waals surface area contributed by atoms with Crippen LogP contribution in [0.15, 0.2) is 66.4 Å². The van der Waals surface area contributed by atoms with E-state index in [1.807, 2.05) is 57.2 Å². The van der Waals surface area contributed by atoms with Crippen LogP contribution in [0.4, 0.5) is 16.3 Å². The molecule has 10 heteroatoms. The minimum Gasteiger partial charge on any atom is -0.354 e. The number of hydrogen-bond donors (Lipinski definition) is 3. The molecule has 0 saturated carbocycles. The highest BCUT2D eigenvalue weighted by atomic mass is 19.1. The third-order valence-electron chi connectivity index (χ3n) is 5.85. The molecule has 3 heterocycles. The van der Waals surface area contributed by atoms with Gasteiger partial charge in [0.05, 0.1) is 18.7 Å². The smallest absolute Gasteiger partial charge is 0.254 e. The minimum absolute atomic E-state index is 0.0101. The van der Waals surface area contributed by atoms with Crippen LogP contribution in [0.25, 0.3) is 11.7 Å². The number of anilines is 2. The highest BCUT2D eigenvalue weighted by Gasteiger charge is 2.24. The van der Waals surface area contributed by atoms with Crippen LogP contribution in [0.2, 0.25) is 0 Å². The van der Waals surface area contributed by atoms with E-state index >= 15 is 0 Å². The maximum absolute atomic E-state index is 13.5. The first-order valence-electron chi connectivity index (χ1n) is 12.6. The molecule has 1 atom stereocenters. The van der Waals surface area contributed by atoms with E-state index < -0.39 is 5.91 Å². The Labute approximate surface area is 220 Å². The molecule has 9 nitrogen and oxygen atoms in total. The summed E-state index contributed by atoms with van der Waals surface area (Å²) in [4.78, 5) is 33.0. The van der Waals surface area contributed by atoms with Crippen LogP contribution in [0.5, 0.6) is 0 Å². The lowest BCUT2D eigenvalue weighted by Crippen LogP contribution is -2.19. The fourth-order valence-corrected chi connectivity index (χ4v) is 4.01. The Hall–Kier alpha value is -4.60. The fraction of sp³-hybridized carbons (Fsp3) is 0.250. The number of nitrogens with zero attached hydrogens (tertiary/aromatic N) is 4. The Morgan fingerprint density at radius 2 is 1.89 bits per heavy atom. The van der Waals surface area contributed by atoms with Crippen molar-refractivity contribution in [2.45, 2.75) is 39.7 Å². The molecular formula is C28H30FN7O2. The molecule has 2 aromatic carbocycles. The summed E-state index contributed by atoms with van der Waals surface area (Å²) < 4.78 is 15.1. The largest absolute Gasteiger partial charge is 0.354 e. The summed E-state index contributed by atoms with van der Waals surface area (Å²) in [6.45, 7) is 6.49. The second-order valence-corrected chi connectivity index (χ2v) is 8.51. The Bertz CT molecular complexity index is 1470. The summed E-state index contributed by atoms with van der Waals surface area (Å²) in [6.07, 6.45) is 3.79. The van der Waals surface area contributed by atoms with Crippen molar-refractivity contribution in [3.8, 4) is 0 Å². The predicted molar refractivity (Wildman–Crippen MR) is 145 cm³/mol. The van der Waals surface area contributed by atoms with Gasteiger partial charge < -0.3 is 10.6 Å². The summed E-state index contributed by atoms with van der Waals surface area (Å²) in [5.41, 5.74) is 3.33. The number of fused-ring (bicyclic) bond motifs is 1. The molecule has 4 aromatic rings. The molecule has 3 N–H and O–H groups in total. The Balaban J connectivity index is 0.00000164. The molecule has 1 aliphatic heterocycles. The first-order chi connectivity index (χ1) is 18.5. The lowest BCUT2D eigenvalue weighted by Gasteiger charge is -2.16. The molecule has 5 rings (SSSR count). The monoisotopic (exact) mass is 515 g/mol. The van der Waals surface area contributed by atoms with E-state index in [1.54, 1.807) is 22.9 Å². The third-order valence-corrected chi connectivity index (χ3v) is 5.85. The number of nitrogens with one attached hydrogen (secondary N) is 3. The SMILES string of the molecule is CC.C[C@H](Nc1nc(NCCc2cccc(F)c2)n2ncc(/C=C3\CC(=O)NC3=O)c2n1)c1ccccc1. The maximum Gasteiger partial charge on any atom is 0.254 e. The van der Waals surface area contributed by atoms with Gasteiger partial charge in [0.15, 0.2) is 5.65 Å². The second kappa shape index (κ2) is 12.1. The number of benzene rings is 2. The predicted octanol–water partition coefficient (Wildman–Crippen LogP) is 4.55. The van der Waals surface area contributed by atoms with Crippen molar-refractivity contribution in [1.82, 2.24) is 24.9 Å². The van der Waals surface area contributed by atoms with Crippen LogP contribution < -0.4 is 16.0 Å². The molecule has 0 spiro atoms. The van der Waals surface area contributed by atoms with Crippen molar-refractivity contribution in [2.75, 3.05) is 17.2 Å². The van der Waals surface area contributed by atoms with Gasteiger partial charge in [-0.3, -0.25) is 14.9 Å². The molecule has 196 valence electrons. The van der Waals surface area contributed by atoms with Crippen LogP contribution in [-0.4, -0.2) is 37.9 Å². The lowest BCUT2D eigenvalue weighted by atomic mass is 10.1. The molecule has 0 aliphatic carbocycles. The quantitative estimate of drug-likeness (QED) is 0.233. The maximum atomic E-state index is 13.5. The first kappa shape index (κ1) is 26.5. The number of amides is 2. The summed E-state index contributed by atoms with van der Waals surface area (Å²) in [6, 6.07) is 16.3. The number of carbonyl (C=O) groups is 2. The van der Waals surface area contributed by atoms with E-state index in [9.17, 15) is 14.0 Å². The fourth-order valence-electron chi connectivity index (χ4n) is 4.01. The van der Waals surface area contributed by atoms with Crippen molar-refractivity contribution in [3.63, 3.8) is 0 Å². The standard InChI is InChI=1S/C26H24FN7O2.C2H6/c1-16(18-7-3-2-4-8-18)30-25-32-23-20(13-19-14-22(35)31-24(19)36)15-29-34(23)26(33-25)28-11-10-17-6-5-9-21(27)12-17;1-2/h2-9,12-13,15-16H,10-11,14H2,1H3,(H,31,35,36)(H2,28,30,32,33);1-2H3/b19-13+;/t16-;/m0./s1. The Morgan fingerprint density at radius 1 is 1.11 bits per heavy atom. The molecular weight excluding hydrogens is 485 g/mol. The zero-order valence-electron chi connectivity index (χ0n) is 21.5. The van der Waals surface area contributed by atoms with Crippen molar-refractivity contribution >= 4 is 35.4 Å². The molecule has 2 aromatic heterocycles. The van der Waals surface area contributed by atoms with E-state index in [0.29, 0.717) is 41.6 Å². The molecule has 2 amide bonds. The van der Waals surface area contributed by atoms with Gasteiger partial charge in [-0.15, -0.1) is 0 Å². The number of rotatable bonds is 8. The van der Waals surface area contributed by atoms with Gasteiger partial charge in [0.1, 0.15) is 5.82 Å². The van der Waals surface area contributed by atoms with Gasteiger partial charge >= 0.3 is 0 Å². The first-order valence-corrected chi connectivity index (χ1v) is 12.6. The van der Waals surface area contributed by atoms with Crippen LogP contribution in [0.3, 0.4) is 0 Å². The van der Waals surface area contributed by atoms with Crippen molar-refractivity contribution < 1.29 is 14.0 Å². The van der Waals surface area contributed by atoms with Gasteiger partial charge in [-0.2, -0.15) is 19.6 Å². The molecule has 38 heavy (non-hydrogen) atoms. The van der Waals surface area contributed by atoms with Gasteiger partial charge in [-0.05, 0) is 42.7 Å². The zero-order chi connectivity index (χ0) is 27.1. The average molecular weight is 516 g/mol. The van der Waals surface area contributed by atoms with Crippen LogP contribution in [0.1, 0.15) is 49.9 Å². The zero-order valence-corrected chi connectivity index (χ0v) is 21.5. The summed E-state index contributed by atoms with van der Waals surface area (Å²) in [5, 5.41) is 13.3. The molecule has 1 saturated heterocycles. The van der Waals surface area contributed by atoms with Crippen LogP contribution in [-0.2, 0) is 16.0 Å². The van der Waals surface area contributed by atoms with Crippen molar-refractivity contribution in [3.05, 3.63) is 88.9 Å². The van der Waals surface area contributed by atoms with Crippen LogP contribution >= 0.6 is 0 Å². The van der Waals surface area contributed by atoms with Gasteiger partial charge in [-0.1, -0.05) is 56.3 Å². The number of halogens is 1. The Morgan fingerprint density at radius 3 is 2.61 bits per heavy atom. The topological polar surface area (TPSA) is 113 Å². The average Bonchev–Trinajstić information content (AvgIpc) is 3.47. The number of imide groups is 1. The molecule has 1 aliphatic rings. The van der Waals surface area contributed by atoms with Gasteiger partial charge in [-0.25, -0.2) is 4.39 Å². The summed E-state index contributed by atoms with van der Waals surface area (Å²) in [7, 11) is 0.